The number of nitrogens with one attached hydrogen (secondary N) is 1. The van der Waals surface area contributed by atoms with Crippen molar-refractivity contribution in [2.45, 2.75) is 93.3 Å². The van der Waals surface area contributed by atoms with Gasteiger partial charge in [-0.3, -0.25) is 19.2 Å². The molecule has 2 N–H and O–H groups in total. The van der Waals surface area contributed by atoms with Gasteiger partial charge in [-0.15, -0.1) is 18.3 Å². The molecule has 0 aliphatic carbocycles. The van der Waals surface area contributed by atoms with Crippen LogP contribution in [0.4, 0.5) is 0 Å². The fourth-order valence-corrected chi connectivity index (χ4v) is 9.28. The van der Waals surface area contributed by atoms with Crippen LogP contribution in [0.25, 0.3) is 11.0 Å². The summed E-state index contributed by atoms with van der Waals surface area (Å²) < 4.78 is 14.7. The van der Waals surface area contributed by atoms with Crippen LogP contribution in [-0.2, 0) is 35.3 Å². The number of amides is 3. The number of hydrogen-bond donors (Lipinski definition) is 2. The van der Waals surface area contributed by atoms with Crippen LogP contribution >= 0.6 is 15.9 Å². The molecule has 0 radical (unpaired) electrons. The predicted octanol–water partition coefficient (Wildman–Crippen LogP) is 4.46. The summed E-state index contributed by atoms with van der Waals surface area (Å²) in [6, 6.07) is 15.0. The lowest BCUT2D eigenvalue weighted by Gasteiger charge is -2.37. The SMILES string of the molecule is C=CCCC(=O)N[C@H](C)[C@@H](OC(=O)[C@H]1[C@@H]2O[C@@]3(CC2Br)[C@@H]1C(=O)N(CCCCCCO)[C@@H]3C(=O)N(CC=C)Cn1nnc2ccccc21)c1ccccc1. The number of allylic oxidation sites excluding steroid dienone is 1. The van der Waals surface area contributed by atoms with Crippen molar-refractivity contribution in [3.63, 3.8) is 0 Å². The van der Waals surface area contributed by atoms with Crippen molar-refractivity contribution in [1.29, 1.82) is 0 Å². The Hall–Kier alpha value is -4.40. The summed E-state index contributed by atoms with van der Waals surface area (Å²) in [5.74, 6) is -3.47. The predicted molar refractivity (Wildman–Crippen MR) is 205 cm³/mol. The second-order valence-corrected chi connectivity index (χ2v) is 15.5. The molecule has 2 bridgehead atoms. The van der Waals surface area contributed by atoms with Crippen LogP contribution < -0.4 is 5.32 Å². The number of esters is 1. The van der Waals surface area contributed by atoms with E-state index in [1.165, 1.54) is 0 Å². The zero-order valence-corrected chi connectivity index (χ0v) is 32.2. The molecule has 3 aromatic rings. The first kappa shape index (κ1) is 39.3. The Morgan fingerprint density at radius 1 is 1.11 bits per heavy atom. The molecule has 3 fully saturated rings. The Labute approximate surface area is 323 Å². The van der Waals surface area contributed by atoms with Crippen molar-refractivity contribution < 1.29 is 33.8 Å². The zero-order valence-electron chi connectivity index (χ0n) is 30.6. The van der Waals surface area contributed by atoms with Crippen LogP contribution in [0.2, 0.25) is 0 Å². The first-order valence-electron chi connectivity index (χ1n) is 18.7. The molecule has 288 valence electrons. The number of hydrogen-bond acceptors (Lipinski definition) is 9. The number of para-hydroxylation sites is 1. The van der Waals surface area contributed by atoms with Gasteiger partial charge in [-0.1, -0.05) is 88.6 Å². The number of ether oxygens (including phenoxy) is 2. The van der Waals surface area contributed by atoms with Crippen molar-refractivity contribution >= 4 is 50.7 Å². The lowest BCUT2D eigenvalue weighted by Crippen LogP contribution is -2.57. The Morgan fingerprint density at radius 3 is 2.59 bits per heavy atom. The Morgan fingerprint density at radius 2 is 1.85 bits per heavy atom. The minimum Gasteiger partial charge on any atom is -0.455 e. The van der Waals surface area contributed by atoms with E-state index in [0.29, 0.717) is 36.8 Å². The molecular formula is C40H49BrN6O7. The number of aromatic nitrogens is 3. The van der Waals surface area contributed by atoms with E-state index in [2.05, 4.69) is 44.7 Å². The van der Waals surface area contributed by atoms with Crippen LogP contribution in [0.3, 0.4) is 0 Å². The third kappa shape index (κ3) is 7.74. The summed E-state index contributed by atoms with van der Waals surface area (Å²) in [7, 11) is 0. The van der Waals surface area contributed by atoms with Crippen molar-refractivity contribution in [2.75, 3.05) is 19.7 Å². The molecule has 0 saturated carbocycles. The molecule has 1 spiro atoms. The first-order chi connectivity index (χ1) is 26.1. The second-order valence-electron chi connectivity index (χ2n) is 14.4. The fourth-order valence-electron chi connectivity index (χ4n) is 8.34. The highest BCUT2D eigenvalue weighted by Gasteiger charge is 2.77. The monoisotopic (exact) mass is 804 g/mol. The smallest absolute Gasteiger partial charge is 0.313 e. The molecule has 2 aromatic carbocycles. The number of nitrogens with zero attached hydrogens (tertiary/aromatic N) is 5. The highest BCUT2D eigenvalue weighted by molar-refractivity contribution is 9.09. The van der Waals surface area contributed by atoms with Gasteiger partial charge in [-0.25, -0.2) is 4.68 Å². The number of halogens is 1. The van der Waals surface area contributed by atoms with Gasteiger partial charge in [-0.2, -0.15) is 0 Å². The standard InChI is InChI=1S/C40H49BrN6O7/c1-4-6-20-31(49)42-26(3)34(27-16-10-9-11-17-27)53-39(52)32-33-37(50)46(22-14-7-8-15-23-48)36(40(33)24-28(41)35(32)54-40)38(51)45(21-5-2)25-47-30-19-13-12-18-29(30)43-44-47/h4-5,9-13,16-19,26,28,32-36,48H,1-2,6-8,14-15,20-25H2,3H3,(H,42,49)/t26-,28?,32-,33+,34-,35-,36-,40+/m1/s1. The molecule has 13 nitrogen and oxygen atoms in total. The molecule has 3 aliphatic heterocycles. The third-order valence-corrected chi connectivity index (χ3v) is 11.6. The van der Waals surface area contributed by atoms with Gasteiger partial charge in [0.05, 0.1) is 29.5 Å². The normalized spacial score (nSPS) is 25.3. The van der Waals surface area contributed by atoms with Gasteiger partial charge in [0.15, 0.2) is 0 Å². The van der Waals surface area contributed by atoms with E-state index >= 15 is 0 Å². The third-order valence-electron chi connectivity index (χ3n) is 10.8. The summed E-state index contributed by atoms with van der Waals surface area (Å²) in [4.78, 5) is 59.8. The maximum atomic E-state index is 15.0. The Balaban J connectivity index is 1.32. The van der Waals surface area contributed by atoms with Crippen molar-refractivity contribution in [1.82, 2.24) is 30.1 Å². The van der Waals surface area contributed by atoms with Crippen LogP contribution in [0, 0.1) is 11.8 Å². The average molecular weight is 806 g/mol. The minimum atomic E-state index is -1.31. The van der Waals surface area contributed by atoms with Crippen molar-refractivity contribution in [2.24, 2.45) is 11.8 Å². The topological polar surface area (TPSA) is 156 Å². The Kier molecular flexibility index (Phi) is 12.6. The molecule has 4 heterocycles. The zero-order chi connectivity index (χ0) is 38.4. The van der Waals surface area contributed by atoms with Crippen LogP contribution in [0.15, 0.2) is 79.9 Å². The maximum absolute atomic E-state index is 15.0. The van der Waals surface area contributed by atoms with Crippen LogP contribution in [0.1, 0.15) is 63.5 Å². The number of aliphatic hydroxyl groups is 1. The largest absolute Gasteiger partial charge is 0.455 e. The first-order valence-corrected chi connectivity index (χ1v) is 19.6. The molecule has 1 unspecified atom stereocenters. The number of aliphatic hydroxyl groups excluding tert-OH is 1. The van der Waals surface area contributed by atoms with Gasteiger partial charge in [0, 0.05) is 30.9 Å². The molecule has 8 atom stereocenters. The Bertz CT molecular complexity index is 1840. The number of alkyl halides is 1. The van der Waals surface area contributed by atoms with Gasteiger partial charge in [0.25, 0.3) is 0 Å². The number of unbranched alkanes of at least 4 members (excludes halogenated alkanes) is 3. The van der Waals surface area contributed by atoms with Gasteiger partial charge in [0.2, 0.25) is 17.7 Å². The van der Waals surface area contributed by atoms with Gasteiger partial charge in [-0.05, 0) is 50.3 Å². The van der Waals surface area contributed by atoms with E-state index in [9.17, 15) is 24.3 Å². The number of carbonyl (C=O) groups is 4. The molecule has 3 aliphatic rings. The summed E-state index contributed by atoms with van der Waals surface area (Å²) in [5, 5.41) is 20.8. The number of fused-ring (bicyclic) bond motifs is 2. The molecular weight excluding hydrogens is 756 g/mol. The number of likely N-dealkylation sites (tertiary alicyclic amines) is 1. The number of carbonyl (C=O) groups excluding carboxylic acids is 4. The molecule has 3 saturated heterocycles. The van der Waals surface area contributed by atoms with E-state index in [-0.39, 0.29) is 55.3 Å². The molecule has 14 heteroatoms. The quantitative estimate of drug-likeness (QED) is 0.0774. The molecule has 54 heavy (non-hydrogen) atoms. The molecule has 1 aromatic heterocycles. The highest BCUT2D eigenvalue weighted by Crippen LogP contribution is 2.60. The van der Waals surface area contributed by atoms with Crippen LogP contribution in [-0.4, -0.2) is 102 Å². The van der Waals surface area contributed by atoms with E-state index < -0.39 is 47.7 Å². The highest BCUT2D eigenvalue weighted by atomic mass is 79.9. The van der Waals surface area contributed by atoms with Gasteiger partial charge in [0.1, 0.15) is 29.9 Å². The lowest BCUT2D eigenvalue weighted by atomic mass is 9.70. The average Bonchev–Trinajstić information content (AvgIpc) is 3.89. The van der Waals surface area contributed by atoms with Gasteiger partial charge >= 0.3 is 5.97 Å². The number of benzene rings is 2. The van der Waals surface area contributed by atoms with E-state index in [0.717, 1.165) is 18.4 Å². The minimum absolute atomic E-state index is 0.0585. The molecule has 6 rings (SSSR count). The maximum Gasteiger partial charge on any atom is 0.313 e. The second kappa shape index (κ2) is 17.4. The lowest BCUT2D eigenvalue weighted by molar-refractivity contribution is -0.162. The van der Waals surface area contributed by atoms with E-state index in [1.54, 1.807) is 33.6 Å². The summed E-state index contributed by atoms with van der Waals surface area (Å²) in [6.45, 7) is 9.96. The van der Waals surface area contributed by atoms with Crippen molar-refractivity contribution in [3.8, 4) is 0 Å². The fraction of sp³-hybridized carbons (Fsp3) is 0.500. The summed E-state index contributed by atoms with van der Waals surface area (Å²) in [5.41, 5.74) is 0.813. The summed E-state index contributed by atoms with van der Waals surface area (Å²) in [6.07, 6.45) is 5.56. The molecule has 3 amide bonds. The number of rotatable bonds is 19. The van der Waals surface area contributed by atoms with Crippen molar-refractivity contribution in [3.05, 3.63) is 85.5 Å². The van der Waals surface area contributed by atoms with Gasteiger partial charge < -0.3 is 29.7 Å². The van der Waals surface area contributed by atoms with E-state index in [4.69, 9.17) is 9.47 Å². The van der Waals surface area contributed by atoms with Crippen LogP contribution in [0.5, 0.6) is 0 Å². The summed E-state index contributed by atoms with van der Waals surface area (Å²) >= 11 is 3.76. The van der Waals surface area contributed by atoms with E-state index in [1.807, 2.05) is 54.6 Å².